The first kappa shape index (κ1) is 14.9. The number of rotatable bonds is 3. The maximum absolute atomic E-state index is 10.6. The van der Waals surface area contributed by atoms with E-state index in [-0.39, 0.29) is 0 Å². The first-order valence-electron chi connectivity index (χ1n) is 6.81. The van der Waals surface area contributed by atoms with Crippen LogP contribution in [0.25, 0.3) is 0 Å². The summed E-state index contributed by atoms with van der Waals surface area (Å²) >= 11 is 0. The minimum Gasteiger partial charge on any atom is -0.348 e. The zero-order valence-corrected chi connectivity index (χ0v) is 12.3. The van der Waals surface area contributed by atoms with Crippen molar-refractivity contribution < 1.29 is 33.6 Å². The highest BCUT2D eigenvalue weighted by molar-refractivity contribution is 4.99. The predicted octanol–water partition coefficient (Wildman–Crippen LogP) is 0.591. The summed E-state index contributed by atoms with van der Waals surface area (Å²) in [5.41, 5.74) is 0. The summed E-state index contributed by atoms with van der Waals surface area (Å²) in [5.74, 6) is -1.58. The van der Waals surface area contributed by atoms with E-state index < -0.39 is 47.4 Å². The Morgan fingerprint density at radius 1 is 1.05 bits per heavy atom. The van der Waals surface area contributed by atoms with Gasteiger partial charge >= 0.3 is 0 Å². The molecule has 0 aromatic rings. The van der Waals surface area contributed by atoms with Crippen molar-refractivity contribution in [2.75, 3.05) is 6.61 Å². The molecule has 0 amide bonds. The SMILES string of the molecule is CC1(C)O[C@@H]2[C@H](O1)[C@@H](O[N+](=O)[O-])O[C@@H]2[C@H]1COC(C)(C)O1. The van der Waals surface area contributed by atoms with Crippen LogP contribution in [0, 0.1) is 10.1 Å². The van der Waals surface area contributed by atoms with Crippen LogP contribution in [0.1, 0.15) is 27.7 Å². The Labute approximate surface area is 121 Å². The highest BCUT2D eigenvalue weighted by Gasteiger charge is 2.60. The average Bonchev–Trinajstić information content (AvgIpc) is 2.91. The number of hydrogen-bond acceptors (Lipinski definition) is 8. The highest BCUT2D eigenvalue weighted by Crippen LogP contribution is 2.42. The van der Waals surface area contributed by atoms with Gasteiger partial charge in [0, 0.05) is 0 Å². The van der Waals surface area contributed by atoms with Crippen LogP contribution >= 0.6 is 0 Å². The van der Waals surface area contributed by atoms with Crippen molar-refractivity contribution in [1.29, 1.82) is 0 Å². The number of hydrogen-bond donors (Lipinski definition) is 0. The molecule has 0 aliphatic carbocycles. The van der Waals surface area contributed by atoms with Gasteiger partial charge < -0.3 is 23.7 Å². The van der Waals surface area contributed by atoms with Gasteiger partial charge in [-0.1, -0.05) is 0 Å². The van der Waals surface area contributed by atoms with Crippen molar-refractivity contribution in [3.63, 3.8) is 0 Å². The molecule has 0 unspecified atom stereocenters. The minimum atomic E-state index is -1.14. The largest absolute Gasteiger partial charge is 0.348 e. The lowest BCUT2D eigenvalue weighted by atomic mass is 10.1. The molecule has 0 bridgehead atoms. The summed E-state index contributed by atoms with van der Waals surface area (Å²) in [7, 11) is 0. The molecule has 9 nitrogen and oxygen atoms in total. The minimum absolute atomic E-state index is 0.315. The third-order valence-corrected chi connectivity index (χ3v) is 3.63. The van der Waals surface area contributed by atoms with Crippen molar-refractivity contribution in [3.8, 4) is 0 Å². The van der Waals surface area contributed by atoms with E-state index in [1.165, 1.54) is 0 Å². The molecule has 3 heterocycles. The molecule has 3 aliphatic heterocycles. The first-order chi connectivity index (χ1) is 9.67. The monoisotopic (exact) mass is 305 g/mol. The summed E-state index contributed by atoms with van der Waals surface area (Å²) in [6, 6.07) is 0. The second-order valence-electron chi connectivity index (χ2n) is 6.23. The van der Waals surface area contributed by atoms with Crippen LogP contribution in [0.2, 0.25) is 0 Å². The topological polar surface area (TPSA) is 98.5 Å². The van der Waals surface area contributed by atoms with Gasteiger partial charge in [-0.05, 0) is 27.7 Å². The highest BCUT2D eigenvalue weighted by atomic mass is 17.0. The predicted molar refractivity (Wildman–Crippen MR) is 65.5 cm³/mol. The Hall–Kier alpha value is -1.00. The summed E-state index contributed by atoms with van der Waals surface area (Å²) in [5, 5.41) is 9.69. The molecule has 21 heavy (non-hydrogen) atoms. The quantitative estimate of drug-likeness (QED) is 0.552. The van der Waals surface area contributed by atoms with Crippen LogP contribution < -0.4 is 0 Å². The van der Waals surface area contributed by atoms with E-state index in [1.807, 2.05) is 0 Å². The summed E-state index contributed by atoms with van der Waals surface area (Å²) in [6.45, 7) is 7.37. The lowest BCUT2D eigenvalue weighted by molar-refractivity contribution is -0.781. The van der Waals surface area contributed by atoms with E-state index in [4.69, 9.17) is 23.7 Å². The second-order valence-corrected chi connectivity index (χ2v) is 6.23. The molecule has 0 N–H and O–H groups in total. The molecule has 3 rings (SSSR count). The normalized spacial score (nSPS) is 43.7. The van der Waals surface area contributed by atoms with Gasteiger partial charge in [0.15, 0.2) is 11.6 Å². The van der Waals surface area contributed by atoms with Gasteiger partial charge in [0.2, 0.25) is 6.29 Å². The molecule has 9 heteroatoms. The zero-order chi connectivity index (χ0) is 15.4. The Balaban J connectivity index is 1.77. The Morgan fingerprint density at radius 3 is 2.29 bits per heavy atom. The van der Waals surface area contributed by atoms with E-state index in [1.54, 1.807) is 27.7 Å². The lowest BCUT2D eigenvalue weighted by Gasteiger charge is -2.26. The van der Waals surface area contributed by atoms with Gasteiger partial charge in [0.05, 0.1) is 6.61 Å². The standard InChI is InChI=1S/C12H19NO8/c1-11(2)16-5-6(18-11)7-8-9(20-12(3,4)19-8)10(17-7)21-13(14)15/h6-10H,5H2,1-4H3/t6-,7-,8+,9+,10-/m1/s1. The number of fused-ring (bicyclic) bond motifs is 1. The molecular formula is C12H19NO8. The van der Waals surface area contributed by atoms with Crippen LogP contribution in [0.5, 0.6) is 0 Å². The lowest BCUT2D eigenvalue weighted by Crippen LogP contribution is -2.40. The molecule has 3 aliphatic rings. The first-order valence-corrected chi connectivity index (χ1v) is 6.81. The molecular weight excluding hydrogens is 286 g/mol. The number of ether oxygens (including phenoxy) is 5. The fraction of sp³-hybridized carbons (Fsp3) is 1.00. The third kappa shape index (κ3) is 2.84. The van der Waals surface area contributed by atoms with E-state index in [0.29, 0.717) is 6.61 Å². The smallest absolute Gasteiger partial charge is 0.297 e. The molecule has 3 saturated heterocycles. The van der Waals surface area contributed by atoms with Crippen LogP contribution in [-0.4, -0.2) is 54.0 Å². The van der Waals surface area contributed by atoms with Crippen LogP contribution in [0.15, 0.2) is 0 Å². The van der Waals surface area contributed by atoms with E-state index in [9.17, 15) is 10.1 Å². The average molecular weight is 305 g/mol. The fourth-order valence-electron chi connectivity index (χ4n) is 2.94. The van der Waals surface area contributed by atoms with E-state index in [2.05, 4.69) is 4.84 Å². The van der Waals surface area contributed by atoms with Gasteiger partial charge in [-0.2, -0.15) is 0 Å². The fourth-order valence-corrected chi connectivity index (χ4v) is 2.94. The van der Waals surface area contributed by atoms with Crippen molar-refractivity contribution >= 4 is 0 Å². The van der Waals surface area contributed by atoms with Gasteiger partial charge in [-0.15, -0.1) is 10.1 Å². The van der Waals surface area contributed by atoms with Crippen LogP contribution in [0.4, 0.5) is 0 Å². The van der Waals surface area contributed by atoms with Crippen LogP contribution in [0.3, 0.4) is 0 Å². The molecule has 120 valence electrons. The molecule has 0 spiro atoms. The van der Waals surface area contributed by atoms with Gasteiger partial charge in [-0.3, -0.25) is 4.84 Å². The maximum atomic E-state index is 10.6. The van der Waals surface area contributed by atoms with E-state index in [0.717, 1.165) is 0 Å². The molecule has 0 aromatic carbocycles. The third-order valence-electron chi connectivity index (χ3n) is 3.63. The summed E-state index contributed by atoms with van der Waals surface area (Å²) < 4.78 is 28.3. The Kier molecular flexibility index (Phi) is 3.37. The molecule has 0 aromatic heterocycles. The Bertz CT molecular complexity index is 439. The summed E-state index contributed by atoms with van der Waals surface area (Å²) in [4.78, 5) is 15.1. The van der Waals surface area contributed by atoms with Crippen LogP contribution in [-0.2, 0) is 28.5 Å². The molecule has 5 atom stereocenters. The van der Waals surface area contributed by atoms with E-state index >= 15 is 0 Å². The van der Waals surface area contributed by atoms with Gasteiger partial charge in [0.25, 0.3) is 5.09 Å². The maximum Gasteiger partial charge on any atom is 0.297 e. The van der Waals surface area contributed by atoms with Crippen molar-refractivity contribution in [3.05, 3.63) is 10.1 Å². The zero-order valence-electron chi connectivity index (χ0n) is 12.3. The van der Waals surface area contributed by atoms with Gasteiger partial charge in [-0.25, -0.2) is 0 Å². The van der Waals surface area contributed by atoms with Gasteiger partial charge in [0.1, 0.15) is 24.4 Å². The van der Waals surface area contributed by atoms with Crippen molar-refractivity contribution in [2.45, 2.75) is 70.0 Å². The van der Waals surface area contributed by atoms with Crippen molar-refractivity contribution in [2.24, 2.45) is 0 Å². The molecule has 0 radical (unpaired) electrons. The molecule has 3 fully saturated rings. The Morgan fingerprint density at radius 2 is 1.71 bits per heavy atom. The summed E-state index contributed by atoms with van der Waals surface area (Å²) in [6.07, 6.45) is -3.27. The molecule has 0 saturated carbocycles. The van der Waals surface area contributed by atoms with Crippen molar-refractivity contribution in [1.82, 2.24) is 0 Å². The second kappa shape index (κ2) is 4.75. The number of nitrogens with zero attached hydrogens (tertiary/aromatic N) is 1.